The molecule has 0 radical (unpaired) electrons. The predicted octanol–water partition coefficient (Wildman–Crippen LogP) is 5.00. The van der Waals surface area contributed by atoms with E-state index in [0.717, 1.165) is 29.2 Å². The summed E-state index contributed by atoms with van der Waals surface area (Å²) in [6.45, 7) is 2.12. The molecular weight excluding hydrogens is 392 g/mol. The molecule has 30 heavy (non-hydrogen) atoms. The number of aliphatic imine (C=N–C) groups is 1. The number of amidine groups is 1. The summed E-state index contributed by atoms with van der Waals surface area (Å²) in [5.41, 5.74) is 5.23. The van der Waals surface area contributed by atoms with E-state index in [2.05, 4.69) is 63.1 Å². The molecule has 0 spiro atoms. The monoisotopic (exact) mass is 416 g/mol. The van der Waals surface area contributed by atoms with E-state index in [0.29, 0.717) is 10.1 Å². The Morgan fingerprint density at radius 2 is 1.80 bits per heavy atom. The van der Waals surface area contributed by atoms with E-state index in [1.54, 1.807) is 0 Å². The summed E-state index contributed by atoms with van der Waals surface area (Å²) in [6, 6.07) is 20.4. The Labute approximate surface area is 181 Å². The average molecular weight is 417 g/mol. The van der Waals surface area contributed by atoms with Crippen molar-refractivity contribution in [3.8, 4) is 5.69 Å². The summed E-state index contributed by atoms with van der Waals surface area (Å²) in [5.74, 6) is -0.125. The van der Waals surface area contributed by atoms with Gasteiger partial charge in [0.25, 0.3) is 5.91 Å². The molecule has 3 aromatic rings. The Morgan fingerprint density at radius 3 is 2.47 bits per heavy atom. The number of nitrogens with zero attached hydrogens (tertiary/aromatic N) is 3. The van der Waals surface area contributed by atoms with Gasteiger partial charge in [-0.25, -0.2) is 4.99 Å². The topological polar surface area (TPSA) is 49.6 Å². The highest BCUT2D eigenvalue weighted by Gasteiger charge is 2.24. The second kappa shape index (κ2) is 8.63. The lowest BCUT2D eigenvalue weighted by atomic mass is 10.2. The number of hydrogen-bond acceptors (Lipinski definition) is 4. The molecule has 1 aliphatic heterocycles. The van der Waals surface area contributed by atoms with E-state index in [4.69, 9.17) is 0 Å². The lowest BCUT2D eigenvalue weighted by molar-refractivity contribution is -0.115. The van der Waals surface area contributed by atoms with Gasteiger partial charge in [-0.05, 0) is 78.4 Å². The molecule has 1 saturated heterocycles. The largest absolute Gasteiger partial charge is 0.378 e. The van der Waals surface area contributed by atoms with Gasteiger partial charge in [-0.2, -0.15) is 0 Å². The number of thioether (sulfide) groups is 1. The quantitative estimate of drug-likeness (QED) is 0.596. The van der Waals surface area contributed by atoms with Gasteiger partial charge in [-0.3, -0.25) is 4.79 Å². The molecule has 1 N–H and O–H groups in total. The van der Waals surface area contributed by atoms with Crippen LogP contribution in [0.4, 0.5) is 11.4 Å². The number of rotatable bonds is 5. The van der Waals surface area contributed by atoms with Crippen LogP contribution in [0.5, 0.6) is 0 Å². The van der Waals surface area contributed by atoms with E-state index in [1.165, 1.54) is 17.3 Å². The fourth-order valence-corrected chi connectivity index (χ4v) is 4.02. The van der Waals surface area contributed by atoms with Gasteiger partial charge in [0, 0.05) is 37.4 Å². The van der Waals surface area contributed by atoms with Crippen molar-refractivity contribution in [3.63, 3.8) is 0 Å². The SMILES string of the molecule is CCc1ccc(N=C2NC(=O)/C(=C/c3cccn3-c3ccc(N(C)C)cc3)S2)cc1. The third kappa shape index (κ3) is 4.33. The Balaban J connectivity index is 1.56. The highest BCUT2D eigenvalue weighted by Crippen LogP contribution is 2.29. The number of carbonyl (C=O) groups is 1. The number of amides is 1. The molecule has 4 rings (SSSR count). The fourth-order valence-electron chi connectivity index (χ4n) is 3.20. The fraction of sp³-hybridized carbons (Fsp3) is 0.167. The number of nitrogens with one attached hydrogen (secondary N) is 1. The summed E-state index contributed by atoms with van der Waals surface area (Å²) in [4.78, 5) is 19.7. The molecule has 1 aliphatic rings. The number of anilines is 1. The van der Waals surface area contributed by atoms with Crippen molar-refractivity contribution in [3.05, 3.63) is 83.0 Å². The molecule has 1 amide bonds. The van der Waals surface area contributed by atoms with Gasteiger partial charge in [-0.15, -0.1) is 0 Å². The number of hydrogen-bond donors (Lipinski definition) is 1. The Bertz CT molecular complexity index is 1110. The summed E-state index contributed by atoms with van der Waals surface area (Å²) >= 11 is 1.36. The molecule has 5 nitrogen and oxygen atoms in total. The van der Waals surface area contributed by atoms with Crippen LogP contribution in [0.3, 0.4) is 0 Å². The van der Waals surface area contributed by atoms with E-state index in [1.807, 2.05) is 50.6 Å². The predicted molar refractivity (Wildman–Crippen MR) is 127 cm³/mol. The molecule has 152 valence electrons. The van der Waals surface area contributed by atoms with E-state index < -0.39 is 0 Å². The highest BCUT2D eigenvalue weighted by molar-refractivity contribution is 8.18. The standard InChI is InChI=1S/C24H24N4OS/c1-4-17-7-9-18(10-8-17)25-24-26-23(29)22(30-24)16-21-6-5-15-28(21)20-13-11-19(12-14-20)27(2)3/h5-16H,4H2,1-3H3,(H,25,26,29)/b22-16-. The van der Waals surface area contributed by atoms with Crippen LogP contribution >= 0.6 is 11.8 Å². The molecule has 6 heteroatoms. The summed E-state index contributed by atoms with van der Waals surface area (Å²) in [6.07, 6.45) is 4.90. The maximum absolute atomic E-state index is 12.5. The van der Waals surface area contributed by atoms with Gasteiger partial charge in [0.2, 0.25) is 0 Å². The second-order valence-corrected chi connectivity index (χ2v) is 8.25. The van der Waals surface area contributed by atoms with Crippen LogP contribution in [0.15, 0.2) is 76.8 Å². The van der Waals surface area contributed by atoms with E-state index in [-0.39, 0.29) is 5.91 Å². The van der Waals surface area contributed by atoms with Crippen molar-refractivity contribution in [1.82, 2.24) is 9.88 Å². The third-order valence-corrected chi connectivity index (χ3v) is 5.84. The third-order valence-electron chi connectivity index (χ3n) is 4.93. The molecule has 2 aromatic carbocycles. The van der Waals surface area contributed by atoms with Gasteiger partial charge < -0.3 is 14.8 Å². The Hall–Kier alpha value is -3.25. The Morgan fingerprint density at radius 1 is 1.07 bits per heavy atom. The zero-order chi connectivity index (χ0) is 21.1. The molecule has 0 unspecified atom stereocenters. The smallest absolute Gasteiger partial charge is 0.264 e. The van der Waals surface area contributed by atoms with Crippen LogP contribution in [-0.4, -0.2) is 29.7 Å². The zero-order valence-electron chi connectivity index (χ0n) is 17.3. The average Bonchev–Trinajstić information content (AvgIpc) is 3.35. The summed E-state index contributed by atoms with van der Waals surface area (Å²) in [5, 5.41) is 3.46. The van der Waals surface area contributed by atoms with Crippen molar-refractivity contribution in [2.75, 3.05) is 19.0 Å². The Kier molecular flexibility index (Phi) is 5.77. The normalized spacial score (nSPS) is 16.3. The van der Waals surface area contributed by atoms with Crippen LogP contribution in [0.25, 0.3) is 11.8 Å². The van der Waals surface area contributed by atoms with Crippen LogP contribution < -0.4 is 10.2 Å². The molecule has 2 heterocycles. The van der Waals surface area contributed by atoms with Crippen molar-refractivity contribution in [2.24, 2.45) is 4.99 Å². The van der Waals surface area contributed by atoms with Gasteiger partial charge in [0.1, 0.15) is 0 Å². The second-order valence-electron chi connectivity index (χ2n) is 7.22. The first-order chi connectivity index (χ1) is 14.5. The van der Waals surface area contributed by atoms with Crippen molar-refractivity contribution in [2.45, 2.75) is 13.3 Å². The molecular formula is C24H24N4OS. The lowest BCUT2D eigenvalue weighted by Crippen LogP contribution is -2.19. The van der Waals surface area contributed by atoms with E-state index >= 15 is 0 Å². The first-order valence-corrected chi connectivity index (χ1v) is 10.7. The molecule has 0 bridgehead atoms. The first-order valence-electron chi connectivity index (χ1n) is 9.87. The van der Waals surface area contributed by atoms with Crippen LogP contribution in [0, 0.1) is 0 Å². The van der Waals surface area contributed by atoms with Crippen LogP contribution in [0.2, 0.25) is 0 Å². The zero-order valence-corrected chi connectivity index (χ0v) is 18.1. The highest BCUT2D eigenvalue weighted by atomic mass is 32.2. The van der Waals surface area contributed by atoms with Gasteiger partial charge in [0.15, 0.2) is 5.17 Å². The van der Waals surface area contributed by atoms with Gasteiger partial charge in [-0.1, -0.05) is 19.1 Å². The minimum absolute atomic E-state index is 0.125. The minimum Gasteiger partial charge on any atom is -0.378 e. The molecule has 0 atom stereocenters. The maximum Gasteiger partial charge on any atom is 0.264 e. The molecule has 0 saturated carbocycles. The molecule has 0 aliphatic carbocycles. The molecule has 1 fully saturated rings. The number of aryl methyl sites for hydroxylation is 1. The summed E-state index contributed by atoms with van der Waals surface area (Å²) in [7, 11) is 4.04. The summed E-state index contributed by atoms with van der Waals surface area (Å²) < 4.78 is 2.07. The van der Waals surface area contributed by atoms with Crippen LogP contribution in [0.1, 0.15) is 18.2 Å². The number of aromatic nitrogens is 1. The first kappa shape index (κ1) is 20.0. The van der Waals surface area contributed by atoms with Gasteiger partial charge >= 0.3 is 0 Å². The minimum atomic E-state index is -0.125. The molecule has 1 aromatic heterocycles. The maximum atomic E-state index is 12.5. The lowest BCUT2D eigenvalue weighted by Gasteiger charge is -2.13. The van der Waals surface area contributed by atoms with Gasteiger partial charge in [0.05, 0.1) is 10.6 Å². The van der Waals surface area contributed by atoms with Crippen molar-refractivity contribution in [1.29, 1.82) is 0 Å². The van der Waals surface area contributed by atoms with E-state index in [9.17, 15) is 4.79 Å². The van der Waals surface area contributed by atoms with Crippen molar-refractivity contribution < 1.29 is 4.79 Å². The van der Waals surface area contributed by atoms with Crippen LogP contribution in [-0.2, 0) is 11.2 Å². The number of carbonyl (C=O) groups excluding carboxylic acids is 1. The number of benzene rings is 2. The van der Waals surface area contributed by atoms with Crippen molar-refractivity contribution >= 4 is 40.3 Å².